The number of carbonyl (C=O) groups is 2. The number of ether oxygens (including phenoxy) is 1. The van der Waals surface area contributed by atoms with Crippen molar-refractivity contribution in [3.63, 3.8) is 0 Å². The van der Waals surface area contributed by atoms with Crippen LogP contribution in [0, 0.1) is 6.92 Å². The maximum Gasteiger partial charge on any atom is 0.331 e. The van der Waals surface area contributed by atoms with Gasteiger partial charge in [-0.05, 0) is 75.3 Å². The highest BCUT2D eigenvalue weighted by atomic mass is 32.1. The Morgan fingerprint density at radius 3 is 2.76 bits per heavy atom. The van der Waals surface area contributed by atoms with Crippen LogP contribution in [-0.4, -0.2) is 48.0 Å². The molecule has 2 aromatic heterocycles. The summed E-state index contributed by atoms with van der Waals surface area (Å²) < 4.78 is 5.97. The third-order valence-electron chi connectivity index (χ3n) is 6.80. The number of aromatic nitrogens is 1. The normalized spacial score (nSPS) is 17.5. The molecule has 4 aromatic rings. The molecule has 0 radical (unpaired) electrons. The van der Waals surface area contributed by atoms with Crippen LogP contribution in [0.4, 0.5) is 21.9 Å². The van der Waals surface area contributed by atoms with Crippen LogP contribution >= 0.6 is 11.3 Å². The number of para-hydroxylation sites is 1. The average molecular weight is 514 g/mol. The molecule has 8 nitrogen and oxygen atoms in total. The molecule has 4 heterocycles. The lowest BCUT2D eigenvalue weighted by atomic mass is 10.1. The zero-order valence-electron chi connectivity index (χ0n) is 20.7. The number of hydrogen-bond donors (Lipinski definition) is 2. The van der Waals surface area contributed by atoms with E-state index in [4.69, 9.17) is 4.74 Å². The second kappa shape index (κ2) is 9.49. The molecule has 0 unspecified atom stereocenters. The average Bonchev–Trinajstić information content (AvgIpc) is 3.25. The lowest BCUT2D eigenvalue weighted by Crippen LogP contribution is -2.46. The lowest BCUT2D eigenvalue weighted by molar-refractivity contribution is 0.0917. The molecule has 0 saturated carbocycles. The number of nitrogens with zero attached hydrogens (tertiary/aromatic N) is 3. The Morgan fingerprint density at radius 2 is 1.97 bits per heavy atom. The van der Waals surface area contributed by atoms with E-state index in [1.165, 1.54) is 11.3 Å². The summed E-state index contributed by atoms with van der Waals surface area (Å²) in [5.41, 5.74) is 2.86. The van der Waals surface area contributed by atoms with Gasteiger partial charge in [-0.2, -0.15) is 0 Å². The van der Waals surface area contributed by atoms with E-state index in [1.54, 1.807) is 11.1 Å². The van der Waals surface area contributed by atoms with Crippen molar-refractivity contribution in [3.8, 4) is 11.5 Å². The molecule has 188 valence electrons. The summed E-state index contributed by atoms with van der Waals surface area (Å²) in [5.74, 6) is 1.26. The fraction of sp³-hybridized carbons (Fsp3) is 0.250. The molecule has 2 N–H and O–H groups in total. The predicted molar refractivity (Wildman–Crippen MR) is 146 cm³/mol. The molecular weight excluding hydrogens is 486 g/mol. The number of likely N-dealkylation sites (tertiary alicyclic amines) is 1. The number of anilines is 3. The summed E-state index contributed by atoms with van der Waals surface area (Å²) in [6, 6.07) is 16.8. The fourth-order valence-corrected chi connectivity index (χ4v) is 6.11. The second-order valence-corrected chi connectivity index (χ2v) is 10.5. The first kappa shape index (κ1) is 23.4. The lowest BCUT2D eigenvalue weighted by Gasteiger charge is -2.31. The number of rotatable bonds is 5. The molecular formula is C28H27N5O3S. The van der Waals surface area contributed by atoms with Crippen LogP contribution in [0.3, 0.4) is 0 Å². The van der Waals surface area contributed by atoms with Crippen LogP contribution in [-0.2, 0) is 0 Å². The molecule has 9 heteroatoms. The number of amides is 3. The van der Waals surface area contributed by atoms with Crippen molar-refractivity contribution in [3.05, 3.63) is 71.2 Å². The molecule has 1 saturated heterocycles. The van der Waals surface area contributed by atoms with E-state index in [9.17, 15) is 9.59 Å². The Bertz CT molecular complexity index is 1500. The third-order valence-corrected chi connectivity index (χ3v) is 7.90. The van der Waals surface area contributed by atoms with Gasteiger partial charge in [0, 0.05) is 18.8 Å². The van der Waals surface area contributed by atoms with Crippen LogP contribution in [0.2, 0.25) is 0 Å². The Balaban J connectivity index is 1.33. The van der Waals surface area contributed by atoms with Gasteiger partial charge in [0.1, 0.15) is 21.2 Å². The van der Waals surface area contributed by atoms with Gasteiger partial charge in [0.25, 0.3) is 5.91 Å². The minimum Gasteiger partial charge on any atom is -0.457 e. The summed E-state index contributed by atoms with van der Waals surface area (Å²) in [7, 11) is 2.06. The highest BCUT2D eigenvalue weighted by Gasteiger charge is 2.34. The van der Waals surface area contributed by atoms with Crippen molar-refractivity contribution in [2.24, 2.45) is 0 Å². The molecule has 1 fully saturated rings. The molecule has 1 atom stereocenters. The van der Waals surface area contributed by atoms with Gasteiger partial charge in [-0.3, -0.25) is 9.69 Å². The Kier molecular flexibility index (Phi) is 6.02. The molecule has 37 heavy (non-hydrogen) atoms. The van der Waals surface area contributed by atoms with Crippen molar-refractivity contribution < 1.29 is 14.3 Å². The van der Waals surface area contributed by atoms with Crippen molar-refractivity contribution in [2.45, 2.75) is 25.8 Å². The summed E-state index contributed by atoms with van der Waals surface area (Å²) in [5, 5.41) is 6.93. The van der Waals surface area contributed by atoms with E-state index < -0.39 is 0 Å². The number of urea groups is 1. The highest BCUT2D eigenvalue weighted by Crippen LogP contribution is 2.46. The van der Waals surface area contributed by atoms with Gasteiger partial charge in [0.05, 0.1) is 22.4 Å². The van der Waals surface area contributed by atoms with Crippen LogP contribution in [0.5, 0.6) is 11.5 Å². The van der Waals surface area contributed by atoms with Gasteiger partial charge in [-0.25, -0.2) is 9.78 Å². The summed E-state index contributed by atoms with van der Waals surface area (Å²) >= 11 is 1.31. The van der Waals surface area contributed by atoms with Crippen LogP contribution in [0.1, 0.15) is 28.1 Å². The molecule has 2 aliphatic heterocycles. The largest absolute Gasteiger partial charge is 0.457 e. The number of pyridine rings is 1. The molecule has 0 aliphatic carbocycles. The zero-order chi connectivity index (χ0) is 25.5. The standard InChI is InChI=1S/C28H27N5O3S/c1-17-15-20(36-19-8-4-3-5-9-19)10-11-21(17)33-22-12-13-29-27-23(22)24(31-28(33)35)25(37-27)26(34)30-18-7-6-14-32(2)16-18/h3-5,8-13,15,18H,6-7,14,16H2,1-2H3,(H,30,34)(H,31,35)/t18-/m0/s1. The minimum absolute atomic E-state index is 0.0890. The van der Waals surface area contributed by atoms with Crippen molar-refractivity contribution in [1.29, 1.82) is 0 Å². The number of thiophene rings is 1. The van der Waals surface area contributed by atoms with Crippen LogP contribution in [0.25, 0.3) is 10.2 Å². The Labute approximate surface area is 218 Å². The zero-order valence-corrected chi connectivity index (χ0v) is 21.5. The smallest absolute Gasteiger partial charge is 0.331 e. The highest BCUT2D eigenvalue weighted by molar-refractivity contribution is 7.21. The van der Waals surface area contributed by atoms with Gasteiger partial charge in [-0.15, -0.1) is 11.3 Å². The Hall–Kier alpha value is -3.95. The molecule has 0 bridgehead atoms. The third kappa shape index (κ3) is 4.41. The number of hydrogen-bond acceptors (Lipinski definition) is 6. The van der Waals surface area contributed by atoms with Crippen molar-refractivity contribution >= 4 is 50.6 Å². The van der Waals surface area contributed by atoms with Crippen molar-refractivity contribution in [2.75, 3.05) is 30.4 Å². The van der Waals surface area contributed by atoms with E-state index >= 15 is 0 Å². The minimum atomic E-state index is -0.315. The number of nitrogens with one attached hydrogen (secondary N) is 2. The first-order valence-electron chi connectivity index (χ1n) is 12.3. The van der Waals surface area contributed by atoms with Crippen molar-refractivity contribution in [1.82, 2.24) is 15.2 Å². The maximum atomic E-state index is 13.5. The number of benzene rings is 2. The molecule has 2 aromatic carbocycles. The van der Waals surface area contributed by atoms with Gasteiger partial charge >= 0.3 is 6.03 Å². The van der Waals surface area contributed by atoms with Gasteiger partial charge < -0.3 is 20.3 Å². The van der Waals surface area contributed by atoms with E-state index in [-0.39, 0.29) is 18.0 Å². The second-order valence-electron chi connectivity index (χ2n) is 9.52. The Morgan fingerprint density at radius 1 is 1.14 bits per heavy atom. The SMILES string of the molecule is Cc1cc(Oc2ccccc2)ccc1N1C(=O)Nc2c(C(=O)N[C@H]3CCCN(C)C3)sc3nccc1c23. The summed E-state index contributed by atoms with van der Waals surface area (Å²) in [6.07, 6.45) is 3.68. The quantitative estimate of drug-likeness (QED) is 0.347. The summed E-state index contributed by atoms with van der Waals surface area (Å²) in [6.45, 7) is 3.80. The number of aryl methyl sites for hydroxylation is 1. The topological polar surface area (TPSA) is 86.8 Å². The molecule has 3 amide bonds. The predicted octanol–water partition coefficient (Wildman–Crippen LogP) is 5.90. The maximum absolute atomic E-state index is 13.5. The van der Waals surface area contributed by atoms with Crippen LogP contribution < -0.4 is 20.3 Å². The molecule has 2 aliphatic rings. The van der Waals surface area contributed by atoms with Gasteiger partial charge in [0.2, 0.25) is 0 Å². The summed E-state index contributed by atoms with van der Waals surface area (Å²) in [4.78, 5) is 36.3. The number of piperidine rings is 1. The van der Waals surface area contributed by atoms with Crippen LogP contribution in [0.15, 0.2) is 60.8 Å². The van der Waals surface area contributed by atoms with E-state index in [0.717, 1.165) is 48.3 Å². The first-order chi connectivity index (χ1) is 18.0. The van der Waals surface area contributed by atoms with Gasteiger partial charge in [0.15, 0.2) is 0 Å². The van der Waals surface area contributed by atoms with Gasteiger partial charge in [-0.1, -0.05) is 18.2 Å². The van der Waals surface area contributed by atoms with E-state index in [2.05, 4.69) is 27.6 Å². The molecule has 6 rings (SSSR count). The fourth-order valence-electron chi connectivity index (χ4n) is 5.09. The number of likely N-dealkylation sites (N-methyl/N-ethyl adjacent to an activating group) is 1. The van der Waals surface area contributed by atoms with E-state index in [1.807, 2.05) is 61.5 Å². The first-order valence-corrected chi connectivity index (χ1v) is 13.1. The molecule has 0 spiro atoms. The monoisotopic (exact) mass is 513 g/mol. The van der Waals surface area contributed by atoms with E-state index in [0.29, 0.717) is 26.8 Å². The number of carbonyl (C=O) groups excluding carboxylic acids is 2.